The summed E-state index contributed by atoms with van der Waals surface area (Å²) in [7, 11) is 0. The fourth-order valence-electron chi connectivity index (χ4n) is 5.09. The molecule has 176 valence electrons. The Morgan fingerprint density at radius 3 is 2.30 bits per heavy atom. The SMILES string of the molecule is C[C@H]1[C@@H](c2ccccc2)OC(=O)N1Cc1ccc(C(C(=O)OC(C)(C)C)C2CCCC2)cc1. The largest absolute Gasteiger partial charge is 0.459 e. The summed E-state index contributed by atoms with van der Waals surface area (Å²) >= 11 is 0. The lowest BCUT2D eigenvalue weighted by Crippen LogP contribution is -2.31. The Bertz CT molecular complexity index is 958. The van der Waals surface area contributed by atoms with Crippen molar-refractivity contribution in [3.63, 3.8) is 0 Å². The van der Waals surface area contributed by atoms with Gasteiger partial charge >= 0.3 is 12.1 Å². The van der Waals surface area contributed by atoms with Crippen LogP contribution in [0.2, 0.25) is 0 Å². The van der Waals surface area contributed by atoms with Gasteiger partial charge in [-0.25, -0.2) is 4.79 Å². The van der Waals surface area contributed by atoms with E-state index in [1.54, 1.807) is 4.90 Å². The molecule has 1 saturated carbocycles. The summed E-state index contributed by atoms with van der Waals surface area (Å²) < 4.78 is 11.5. The summed E-state index contributed by atoms with van der Waals surface area (Å²) in [5, 5.41) is 0. The number of rotatable bonds is 6. The maximum atomic E-state index is 13.1. The summed E-state index contributed by atoms with van der Waals surface area (Å²) in [5.74, 6) is -0.0468. The molecule has 5 nitrogen and oxygen atoms in total. The van der Waals surface area contributed by atoms with Crippen molar-refractivity contribution in [2.24, 2.45) is 5.92 Å². The first kappa shape index (κ1) is 23.3. The average Bonchev–Trinajstić information content (AvgIpc) is 3.38. The highest BCUT2D eigenvalue weighted by Gasteiger charge is 2.40. The van der Waals surface area contributed by atoms with E-state index in [-0.39, 0.29) is 30.1 Å². The molecule has 1 saturated heterocycles. The quantitative estimate of drug-likeness (QED) is 0.480. The number of amides is 1. The number of cyclic esters (lactones) is 1. The first-order valence-corrected chi connectivity index (χ1v) is 12.1. The zero-order valence-corrected chi connectivity index (χ0v) is 20.1. The van der Waals surface area contributed by atoms with E-state index in [0.717, 1.165) is 29.5 Å². The molecule has 0 aromatic heterocycles. The molecule has 5 heteroatoms. The number of hydrogen-bond donors (Lipinski definition) is 0. The number of carbonyl (C=O) groups is 2. The van der Waals surface area contributed by atoms with Crippen LogP contribution in [0.3, 0.4) is 0 Å². The minimum Gasteiger partial charge on any atom is -0.459 e. The van der Waals surface area contributed by atoms with Crippen LogP contribution in [0.5, 0.6) is 0 Å². The zero-order valence-electron chi connectivity index (χ0n) is 20.1. The topological polar surface area (TPSA) is 55.8 Å². The molecule has 1 aliphatic carbocycles. The van der Waals surface area contributed by atoms with Crippen molar-refractivity contribution >= 4 is 12.1 Å². The van der Waals surface area contributed by atoms with Gasteiger partial charge in [0.1, 0.15) is 11.7 Å². The van der Waals surface area contributed by atoms with Crippen LogP contribution in [0.4, 0.5) is 4.79 Å². The minimum absolute atomic E-state index is 0.0624. The third-order valence-electron chi connectivity index (χ3n) is 6.74. The second kappa shape index (κ2) is 9.58. The molecular weight excluding hydrogens is 414 g/mol. The van der Waals surface area contributed by atoms with Crippen molar-refractivity contribution < 1.29 is 19.1 Å². The predicted octanol–water partition coefficient (Wildman–Crippen LogP) is 6.38. The second-order valence-corrected chi connectivity index (χ2v) is 10.4. The molecule has 2 aromatic rings. The van der Waals surface area contributed by atoms with Crippen LogP contribution in [0.25, 0.3) is 0 Å². The van der Waals surface area contributed by atoms with Gasteiger partial charge in [-0.15, -0.1) is 0 Å². The van der Waals surface area contributed by atoms with Crippen molar-refractivity contribution in [1.29, 1.82) is 0 Å². The van der Waals surface area contributed by atoms with E-state index in [0.29, 0.717) is 12.5 Å². The molecule has 0 radical (unpaired) electrons. The van der Waals surface area contributed by atoms with Crippen molar-refractivity contribution in [2.75, 3.05) is 0 Å². The van der Waals surface area contributed by atoms with E-state index >= 15 is 0 Å². The lowest BCUT2D eigenvalue weighted by Gasteiger charge is -2.28. The Morgan fingerprint density at radius 1 is 1.06 bits per heavy atom. The Morgan fingerprint density at radius 2 is 1.70 bits per heavy atom. The highest BCUT2D eigenvalue weighted by molar-refractivity contribution is 5.79. The van der Waals surface area contributed by atoms with Crippen molar-refractivity contribution in [3.05, 3.63) is 71.3 Å². The van der Waals surface area contributed by atoms with Gasteiger partial charge in [0.15, 0.2) is 0 Å². The van der Waals surface area contributed by atoms with E-state index in [1.165, 1.54) is 12.8 Å². The molecule has 33 heavy (non-hydrogen) atoms. The predicted molar refractivity (Wildman–Crippen MR) is 128 cm³/mol. The first-order valence-electron chi connectivity index (χ1n) is 12.1. The number of nitrogens with zero attached hydrogens (tertiary/aromatic N) is 1. The van der Waals surface area contributed by atoms with E-state index in [9.17, 15) is 9.59 Å². The molecule has 1 amide bonds. The summed E-state index contributed by atoms with van der Waals surface area (Å²) in [5.41, 5.74) is 2.52. The summed E-state index contributed by atoms with van der Waals surface area (Å²) in [4.78, 5) is 27.4. The van der Waals surface area contributed by atoms with Gasteiger partial charge in [0.05, 0.1) is 12.0 Å². The lowest BCUT2D eigenvalue weighted by molar-refractivity contribution is -0.158. The van der Waals surface area contributed by atoms with Gasteiger partial charge in [-0.05, 0) is 63.1 Å². The van der Waals surface area contributed by atoms with Crippen molar-refractivity contribution in [2.45, 2.75) is 83.6 Å². The van der Waals surface area contributed by atoms with E-state index < -0.39 is 5.60 Å². The van der Waals surface area contributed by atoms with Crippen LogP contribution in [0.15, 0.2) is 54.6 Å². The van der Waals surface area contributed by atoms with Gasteiger partial charge < -0.3 is 9.47 Å². The third kappa shape index (κ3) is 5.40. The molecule has 2 aliphatic rings. The first-order chi connectivity index (χ1) is 15.7. The summed E-state index contributed by atoms with van der Waals surface area (Å²) in [6.07, 6.45) is 3.89. The number of esters is 1. The Hall–Kier alpha value is -2.82. The third-order valence-corrected chi connectivity index (χ3v) is 6.74. The van der Waals surface area contributed by atoms with Crippen LogP contribution in [-0.2, 0) is 20.8 Å². The smallest absolute Gasteiger partial charge is 0.411 e. The van der Waals surface area contributed by atoms with Gasteiger partial charge in [0, 0.05) is 6.54 Å². The van der Waals surface area contributed by atoms with Gasteiger partial charge in [-0.1, -0.05) is 67.4 Å². The van der Waals surface area contributed by atoms with Crippen molar-refractivity contribution in [3.8, 4) is 0 Å². The number of ether oxygens (including phenoxy) is 2. The highest BCUT2D eigenvalue weighted by Crippen LogP contribution is 2.39. The normalized spacial score (nSPS) is 22.3. The Labute approximate surface area is 197 Å². The monoisotopic (exact) mass is 449 g/mol. The van der Waals surface area contributed by atoms with E-state index in [1.807, 2.05) is 82.3 Å². The van der Waals surface area contributed by atoms with E-state index in [2.05, 4.69) is 0 Å². The maximum absolute atomic E-state index is 13.1. The van der Waals surface area contributed by atoms with Crippen LogP contribution in [-0.4, -0.2) is 28.6 Å². The molecule has 1 heterocycles. The molecule has 4 rings (SSSR count). The zero-order chi connectivity index (χ0) is 23.6. The lowest BCUT2D eigenvalue weighted by atomic mass is 9.84. The fraction of sp³-hybridized carbons (Fsp3) is 0.500. The van der Waals surface area contributed by atoms with E-state index in [4.69, 9.17) is 9.47 Å². The standard InChI is InChI=1S/C28H35NO4/c1-19-25(23-12-6-5-7-13-23)32-27(31)29(19)18-20-14-16-22(17-15-20)24(21-10-8-9-11-21)26(30)33-28(2,3)4/h5-7,12-17,19,21,24-25H,8-11,18H2,1-4H3/t19-,24?,25-/m0/s1. The molecule has 2 fully saturated rings. The van der Waals surface area contributed by atoms with Crippen molar-refractivity contribution in [1.82, 2.24) is 4.90 Å². The number of benzene rings is 2. The molecule has 1 aliphatic heterocycles. The summed E-state index contributed by atoms with van der Waals surface area (Å²) in [6, 6.07) is 17.9. The van der Waals surface area contributed by atoms with Gasteiger partial charge in [0.25, 0.3) is 0 Å². The molecule has 2 aromatic carbocycles. The Balaban J connectivity index is 1.48. The molecule has 0 bridgehead atoms. The molecule has 0 spiro atoms. The van der Waals surface area contributed by atoms with Crippen LogP contribution in [0.1, 0.15) is 82.1 Å². The molecular formula is C28H35NO4. The molecule has 1 unspecified atom stereocenters. The van der Waals surface area contributed by atoms with Crippen LogP contribution >= 0.6 is 0 Å². The highest BCUT2D eigenvalue weighted by atomic mass is 16.6. The fourth-order valence-corrected chi connectivity index (χ4v) is 5.09. The van der Waals surface area contributed by atoms with Gasteiger partial charge in [0.2, 0.25) is 0 Å². The maximum Gasteiger partial charge on any atom is 0.411 e. The molecule has 0 N–H and O–H groups in total. The number of hydrogen-bond acceptors (Lipinski definition) is 4. The molecule has 3 atom stereocenters. The Kier molecular flexibility index (Phi) is 6.78. The van der Waals surface area contributed by atoms with Gasteiger partial charge in [-0.3, -0.25) is 9.69 Å². The summed E-state index contributed by atoms with van der Waals surface area (Å²) in [6.45, 7) is 8.25. The average molecular weight is 450 g/mol. The second-order valence-electron chi connectivity index (χ2n) is 10.4. The minimum atomic E-state index is -0.505. The number of carbonyl (C=O) groups excluding carboxylic acids is 2. The van der Waals surface area contributed by atoms with Gasteiger partial charge in [-0.2, -0.15) is 0 Å². The van der Waals surface area contributed by atoms with Crippen LogP contribution < -0.4 is 0 Å². The van der Waals surface area contributed by atoms with Crippen LogP contribution in [0, 0.1) is 5.92 Å².